The van der Waals surface area contributed by atoms with E-state index in [1.165, 1.54) is 33.3 Å². The third-order valence-electron chi connectivity index (χ3n) is 2.33. The van der Waals surface area contributed by atoms with Crippen LogP contribution in [0, 0.1) is 0 Å². The van der Waals surface area contributed by atoms with Crippen LogP contribution in [0.1, 0.15) is 6.42 Å². The van der Waals surface area contributed by atoms with Gasteiger partial charge in [0, 0.05) is 18.2 Å². The first-order valence-corrected chi connectivity index (χ1v) is 6.29. The number of benzene rings is 1. The number of aromatic nitrogens is 1. The van der Waals surface area contributed by atoms with E-state index >= 15 is 0 Å². The molecule has 2 heterocycles. The molecule has 1 aromatic carbocycles. The van der Waals surface area contributed by atoms with Gasteiger partial charge in [0.05, 0.1) is 0 Å². The van der Waals surface area contributed by atoms with Gasteiger partial charge >= 0.3 is 0 Å². The first kappa shape index (κ1) is 10.3. The molecule has 2 aromatic rings. The highest BCUT2D eigenvalue weighted by Gasteiger charge is 2.23. The lowest BCUT2D eigenvalue weighted by Crippen LogP contribution is -3.00. The maximum absolute atomic E-state index is 2.45. The Balaban J connectivity index is 0.000000750. The normalized spacial score (nSPS) is 14.9. The lowest BCUT2D eigenvalue weighted by molar-refractivity contribution is -0.703. The molecule has 0 N–H and O–H groups in total. The minimum absolute atomic E-state index is 0. The van der Waals surface area contributed by atoms with Gasteiger partial charge in [0.1, 0.15) is 4.70 Å². The van der Waals surface area contributed by atoms with Crippen molar-refractivity contribution >= 4 is 33.3 Å². The van der Waals surface area contributed by atoms with Gasteiger partial charge in [0.15, 0.2) is 6.54 Å². The number of hydrogen-bond donors (Lipinski definition) is 0. The van der Waals surface area contributed by atoms with Crippen LogP contribution >= 0.6 is 23.1 Å². The van der Waals surface area contributed by atoms with E-state index in [0.29, 0.717) is 0 Å². The molecule has 0 atom stereocenters. The summed E-state index contributed by atoms with van der Waals surface area (Å²) < 4.78 is 5.35. The number of hydrogen-bond acceptors (Lipinski definition) is 2. The maximum atomic E-state index is 2.45. The zero-order valence-corrected chi connectivity index (χ0v) is 9.96. The molecule has 1 aliphatic rings. The maximum Gasteiger partial charge on any atom is 0.298 e. The molecule has 1 aliphatic heterocycles. The molecular formula is C10H10ClNS2. The first-order valence-electron chi connectivity index (χ1n) is 4.49. The Morgan fingerprint density at radius 3 is 3.00 bits per heavy atom. The van der Waals surface area contributed by atoms with Gasteiger partial charge in [0.2, 0.25) is 5.52 Å². The highest BCUT2D eigenvalue weighted by Crippen LogP contribution is 2.30. The number of halogens is 1. The highest BCUT2D eigenvalue weighted by atomic mass is 35.5. The van der Waals surface area contributed by atoms with E-state index in [-0.39, 0.29) is 12.4 Å². The van der Waals surface area contributed by atoms with E-state index < -0.39 is 0 Å². The Bertz CT molecular complexity index is 452. The largest absolute Gasteiger partial charge is 1.00 e. The van der Waals surface area contributed by atoms with Crippen LogP contribution in [0.15, 0.2) is 28.6 Å². The van der Waals surface area contributed by atoms with Crippen molar-refractivity contribution in [1.82, 2.24) is 0 Å². The fraction of sp³-hybridized carbons (Fsp3) is 0.300. The van der Waals surface area contributed by atoms with Crippen LogP contribution in [-0.4, -0.2) is 5.75 Å². The summed E-state index contributed by atoms with van der Waals surface area (Å²) in [5.41, 5.74) is 1.41. The van der Waals surface area contributed by atoms with E-state index in [1.54, 1.807) is 0 Å². The van der Waals surface area contributed by atoms with Crippen LogP contribution in [-0.2, 0) is 6.54 Å². The van der Waals surface area contributed by atoms with Crippen molar-refractivity contribution in [3.63, 3.8) is 0 Å². The smallest absolute Gasteiger partial charge is 0.298 e. The van der Waals surface area contributed by atoms with Gasteiger partial charge in [-0.05, 0) is 17.8 Å². The average molecular weight is 244 g/mol. The SMILES string of the molecule is [Cl-].c1ccc2c(c1)sc1[n+]2CCCS1. The summed E-state index contributed by atoms with van der Waals surface area (Å²) in [6, 6.07) is 8.68. The summed E-state index contributed by atoms with van der Waals surface area (Å²) in [6.45, 7) is 1.20. The Morgan fingerprint density at radius 1 is 1.21 bits per heavy atom. The van der Waals surface area contributed by atoms with Crippen molar-refractivity contribution in [2.45, 2.75) is 17.3 Å². The molecule has 4 heteroatoms. The monoisotopic (exact) mass is 243 g/mol. The van der Waals surface area contributed by atoms with Crippen LogP contribution in [0.2, 0.25) is 0 Å². The predicted octanol–water partition coefficient (Wildman–Crippen LogP) is -0.311. The van der Waals surface area contributed by atoms with Gasteiger partial charge in [-0.3, -0.25) is 0 Å². The van der Waals surface area contributed by atoms with Crippen molar-refractivity contribution in [3.05, 3.63) is 24.3 Å². The molecule has 3 rings (SSSR count). The summed E-state index contributed by atoms with van der Waals surface area (Å²) >= 11 is 3.92. The molecule has 0 radical (unpaired) electrons. The zero-order valence-electron chi connectivity index (χ0n) is 7.57. The van der Waals surface area contributed by atoms with Crippen LogP contribution in [0.5, 0.6) is 0 Å². The lowest BCUT2D eigenvalue weighted by atomic mass is 10.3. The third-order valence-corrected chi connectivity index (χ3v) is 4.85. The number of rotatable bonds is 0. The fourth-order valence-electron chi connectivity index (χ4n) is 1.72. The minimum atomic E-state index is 0. The summed E-state index contributed by atoms with van der Waals surface area (Å²) in [5.74, 6) is 1.28. The van der Waals surface area contributed by atoms with Crippen LogP contribution in [0.4, 0.5) is 0 Å². The Labute approximate surface area is 97.5 Å². The molecule has 0 aliphatic carbocycles. The molecule has 0 bridgehead atoms. The molecule has 0 fully saturated rings. The number of fused-ring (bicyclic) bond motifs is 3. The number of nitrogens with zero attached hydrogens (tertiary/aromatic N) is 1. The zero-order chi connectivity index (χ0) is 8.67. The van der Waals surface area contributed by atoms with Gasteiger partial charge in [-0.25, -0.2) is 0 Å². The van der Waals surface area contributed by atoms with Gasteiger partial charge in [-0.1, -0.05) is 23.5 Å². The van der Waals surface area contributed by atoms with E-state index in [1.807, 2.05) is 23.1 Å². The second-order valence-corrected chi connectivity index (χ2v) is 5.56. The summed E-state index contributed by atoms with van der Waals surface area (Å²) in [6.07, 6.45) is 1.31. The molecule has 0 saturated carbocycles. The molecule has 1 nitrogen and oxygen atoms in total. The Kier molecular flexibility index (Phi) is 3.00. The molecule has 14 heavy (non-hydrogen) atoms. The van der Waals surface area contributed by atoms with Gasteiger partial charge in [0.25, 0.3) is 4.34 Å². The topological polar surface area (TPSA) is 3.88 Å². The second-order valence-electron chi connectivity index (χ2n) is 3.19. The fourth-order valence-corrected chi connectivity index (χ4v) is 4.18. The standard InChI is InChI=1S/C10H10NS2.ClH/c1-2-5-9-8(4-1)11-6-3-7-12-10(11)13-9;/h1-2,4-5H,3,6-7H2;1H/q+1;/p-1. The van der Waals surface area contributed by atoms with E-state index in [9.17, 15) is 0 Å². The van der Waals surface area contributed by atoms with Crippen molar-refractivity contribution in [1.29, 1.82) is 0 Å². The molecular weight excluding hydrogens is 234 g/mol. The molecule has 0 spiro atoms. The molecule has 1 aromatic heterocycles. The van der Waals surface area contributed by atoms with E-state index in [4.69, 9.17) is 0 Å². The van der Waals surface area contributed by atoms with Crippen LogP contribution in [0.3, 0.4) is 0 Å². The quantitative estimate of drug-likeness (QED) is 0.575. The third kappa shape index (κ3) is 1.53. The van der Waals surface area contributed by atoms with Crippen LogP contribution in [0.25, 0.3) is 10.2 Å². The van der Waals surface area contributed by atoms with Gasteiger partial charge < -0.3 is 12.4 Å². The number of thioether (sulfide) groups is 1. The van der Waals surface area contributed by atoms with E-state index in [0.717, 1.165) is 0 Å². The highest BCUT2D eigenvalue weighted by molar-refractivity contribution is 8.01. The second kappa shape index (κ2) is 4.09. The van der Waals surface area contributed by atoms with Crippen LogP contribution < -0.4 is 17.0 Å². The van der Waals surface area contributed by atoms with Gasteiger partial charge in [-0.2, -0.15) is 4.57 Å². The molecule has 74 valence electrons. The number of thiazole rings is 1. The Morgan fingerprint density at radius 2 is 2.07 bits per heavy atom. The summed E-state index contributed by atoms with van der Waals surface area (Å²) in [7, 11) is 0. The molecule has 0 unspecified atom stereocenters. The summed E-state index contributed by atoms with van der Waals surface area (Å²) in [5, 5.41) is 0. The molecule has 0 saturated heterocycles. The first-order chi connectivity index (χ1) is 6.45. The predicted molar refractivity (Wildman–Crippen MR) is 57.4 cm³/mol. The Hall–Kier alpha value is -0.250. The molecule has 0 amide bonds. The number of aryl methyl sites for hydroxylation is 1. The van der Waals surface area contributed by atoms with E-state index in [2.05, 4.69) is 28.8 Å². The number of para-hydroxylation sites is 1. The van der Waals surface area contributed by atoms with Crippen molar-refractivity contribution in [2.75, 3.05) is 5.75 Å². The lowest BCUT2D eigenvalue weighted by Gasteiger charge is -2.03. The van der Waals surface area contributed by atoms with Gasteiger partial charge in [-0.15, -0.1) is 0 Å². The van der Waals surface area contributed by atoms with Crippen molar-refractivity contribution < 1.29 is 17.0 Å². The average Bonchev–Trinajstić information content (AvgIpc) is 2.56. The summed E-state index contributed by atoms with van der Waals surface area (Å²) in [4.78, 5) is 0. The van der Waals surface area contributed by atoms with Crippen molar-refractivity contribution in [2.24, 2.45) is 0 Å². The minimum Gasteiger partial charge on any atom is -1.00 e. The van der Waals surface area contributed by atoms with Crippen molar-refractivity contribution in [3.8, 4) is 0 Å².